The molecule has 4 amide bonds. The van der Waals surface area contributed by atoms with Crippen molar-refractivity contribution in [1.82, 2.24) is 15.1 Å². The van der Waals surface area contributed by atoms with Crippen molar-refractivity contribution in [1.29, 1.82) is 0 Å². The van der Waals surface area contributed by atoms with Crippen molar-refractivity contribution in [2.24, 2.45) is 17.6 Å². The Morgan fingerprint density at radius 1 is 1.25 bits per heavy atom. The molecule has 3 fully saturated rings. The van der Waals surface area contributed by atoms with Crippen molar-refractivity contribution in [3.05, 3.63) is 35.6 Å². The first-order chi connectivity index (χ1) is 12.8. The molecule has 1 aliphatic carbocycles. The van der Waals surface area contributed by atoms with Gasteiger partial charge in [-0.3, -0.25) is 14.5 Å². The molecule has 4 unspecified atom stereocenters. The maximum atomic E-state index is 13.2. The Kier molecular flexibility index (Phi) is 5.38. The van der Waals surface area contributed by atoms with Gasteiger partial charge in [0, 0.05) is 19.1 Å². The highest BCUT2D eigenvalue weighted by Crippen LogP contribution is 2.37. The summed E-state index contributed by atoms with van der Waals surface area (Å²) >= 11 is 0. The van der Waals surface area contributed by atoms with Crippen LogP contribution in [0.5, 0.6) is 0 Å². The summed E-state index contributed by atoms with van der Waals surface area (Å²) in [5, 5.41) is 2.63. The molecule has 0 radical (unpaired) electrons. The molecule has 0 spiro atoms. The third kappa shape index (κ3) is 3.24. The Labute approximate surface area is 168 Å². The van der Waals surface area contributed by atoms with Crippen LogP contribution in [0.4, 0.5) is 9.18 Å². The number of fused-ring (bicyclic) bond motifs is 1. The van der Waals surface area contributed by atoms with Crippen molar-refractivity contribution in [3.63, 3.8) is 0 Å². The number of nitrogens with zero attached hydrogens (tertiary/aromatic N) is 2. The highest BCUT2D eigenvalue weighted by Gasteiger charge is 2.50. The average Bonchev–Trinajstić information content (AvgIpc) is 3.26. The number of nitrogens with one attached hydrogen (secondary N) is 1. The molecular weight excluding hydrogens is 387 g/mol. The van der Waals surface area contributed by atoms with E-state index >= 15 is 0 Å². The van der Waals surface area contributed by atoms with Gasteiger partial charge in [0.2, 0.25) is 5.91 Å². The topological polar surface area (TPSA) is 95.7 Å². The number of rotatable bonds is 3. The van der Waals surface area contributed by atoms with Gasteiger partial charge in [0.05, 0.1) is 0 Å². The lowest BCUT2D eigenvalue weighted by molar-refractivity contribution is -0.138. The molecule has 28 heavy (non-hydrogen) atoms. The molecule has 1 aromatic rings. The van der Waals surface area contributed by atoms with Crippen molar-refractivity contribution in [2.75, 3.05) is 19.6 Å². The highest BCUT2D eigenvalue weighted by molar-refractivity contribution is 6.09. The van der Waals surface area contributed by atoms with Crippen LogP contribution in [0, 0.1) is 17.7 Å². The van der Waals surface area contributed by atoms with E-state index in [0.29, 0.717) is 30.5 Å². The third-order valence-electron chi connectivity index (χ3n) is 6.25. The van der Waals surface area contributed by atoms with Crippen LogP contribution in [0.25, 0.3) is 0 Å². The average molecular weight is 411 g/mol. The molecule has 1 aromatic carbocycles. The van der Waals surface area contributed by atoms with Gasteiger partial charge in [-0.2, -0.15) is 0 Å². The molecule has 4 rings (SSSR count). The summed E-state index contributed by atoms with van der Waals surface area (Å²) in [4.78, 5) is 40.6. The van der Waals surface area contributed by atoms with Gasteiger partial charge in [0.25, 0.3) is 5.91 Å². The van der Waals surface area contributed by atoms with E-state index in [1.54, 1.807) is 11.8 Å². The zero-order valence-corrected chi connectivity index (χ0v) is 16.4. The fourth-order valence-electron chi connectivity index (χ4n) is 4.57. The first-order valence-electron chi connectivity index (χ1n) is 9.23. The van der Waals surface area contributed by atoms with Crippen LogP contribution in [0.15, 0.2) is 24.3 Å². The number of hydrogen-bond acceptors (Lipinski definition) is 4. The summed E-state index contributed by atoms with van der Waals surface area (Å²) in [6.45, 7) is 2.49. The predicted octanol–water partition coefficient (Wildman–Crippen LogP) is 1.21. The first-order valence-corrected chi connectivity index (χ1v) is 9.23. The van der Waals surface area contributed by atoms with E-state index in [4.69, 9.17) is 5.73 Å². The van der Waals surface area contributed by atoms with Gasteiger partial charge in [-0.15, -0.1) is 12.4 Å². The second-order valence-electron chi connectivity index (χ2n) is 7.92. The minimum absolute atomic E-state index is 0. The van der Waals surface area contributed by atoms with E-state index in [2.05, 4.69) is 5.32 Å². The Morgan fingerprint density at radius 3 is 2.57 bits per heavy atom. The van der Waals surface area contributed by atoms with Gasteiger partial charge in [-0.1, -0.05) is 12.1 Å². The first kappa shape index (κ1) is 20.5. The van der Waals surface area contributed by atoms with E-state index in [0.717, 1.165) is 17.7 Å². The summed E-state index contributed by atoms with van der Waals surface area (Å²) in [6, 6.07) is 4.90. The number of carbonyl (C=O) groups excluding carboxylic acids is 3. The molecule has 7 nitrogen and oxygen atoms in total. The number of benzene rings is 1. The van der Waals surface area contributed by atoms with Gasteiger partial charge in [-0.05, 0) is 49.3 Å². The van der Waals surface area contributed by atoms with E-state index in [-0.39, 0.29) is 30.9 Å². The Bertz CT molecular complexity index is 805. The van der Waals surface area contributed by atoms with E-state index in [1.165, 1.54) is 24.3 Å². The van der Waals surface area contributed by atoms with Crippen LogP contribution in [-0.2, 0) is 15.1 Å². The Balaban J connectivity index is 0.00000225. The lowest BCUT2D eigenvalue weighted by Crippen LogP contribution is -2.44. The van der Waals surface area contributed by atoms with Crippen molar-refractivity contribution < 1.29 is 18.8 Å². The Hall–Kier alpha value is -2.19. The number of imide groups is 1. The largest absolute Gasteiger partial charge is 0.341 e. The van der Waals surface area contributed by atoms with Gasteiger partial charge >= 0.3 is 6.03 Å². The smallest absolute Gasteiger partial charge is 0.325 e. The van der Waals surface area contributed by atoms with Crippen LogP contribution < -0.4 is 11.1 Å². The predicted molar refractivity (Wildman–Crippen MR) is 102 cm³/mol. The number of likely N-dealkylation sites (tertiary alicyclic amines) is 1. The van der Waals surface area contributed by atoms with Crippen LogP contribution in [0.3, 0.4) is 0 Å². The zero-order valence-electron chi connectivity index (χ0n) is 15.6. The standard InChI is InChI=1S/C19H23FN4O3.ClH/c1-19(12-3-5-13(20)6-4-12)17(26)24(18(27)22-19)10-16(25)23-8-11-2-7-15(21)14(11)9-23;/h3-6,11,14-15H,2,7-10,21H2,1H3,(H,22,27);1H. The summed E-state index contributed by atoms with van der Waals surface area (Å²) in [7, 11) is 0. The number of hydrogen-bond donors (Lipinski definition) is 2. The molecule has 3 N–H and O–H groups in total. The molecule has 2 heterocycles. The molecule has 1 saturated carbocycles. The van der Waals surface area contributed by atoms with Crippen molar-refractivity contribution >= 4 is 30.3 Å². The molecular formula is C19H24ClFN4O3. The molecule has 2 aliphatic heterocycles. The summed E-state index contributed by atoms with van der Waals surface area (Å²) in [5.74, 6) is -0.464. The maximum Gasteiger partial charge on any atom is 0.325 e. The van der Waals surface area contributed by atoms with Gasteiger partial charge < -0.3 is 16.0 Å². The second-order valence-corrected chi connectivity index (χ2v) is 7.92. The van der Waals surface area contributed by atoms with Gasteiger partial charge in [-0.25, -0.2) is 9.18 Å². The lowest BCUT2D eigenvalue weighted by atomic mass is 9.92. The number of amides is 4. The molecule has 0 aromatic heterocycles. The summed E-state index contributed by atoms with van der Waals surface area (Å²) in [6.07, 6.45) is 2.00. The van der Waals surface area contributed by atoms with Crippen LogP contribution >= 0.6 is 12.4 Å². The SMILES string of the molecule is CC1(c2ccc(F)cc2)NC(=O)N(CC(=O)N2CC3CCC(N)C3C2)C1=O.Cl. The molecule has 3 aliphatic rings. The number of halogens is 2. The molecule has 9 heteroatoms. The van der Waals surface area contributed by atoms with E-state index < -0.39 is 23.3 Å². The second kappa shape index (κ2) is 7.33. The van der Waals surface area contributed by atoms with Gasteiger partial charge in [0.15, 0.2) is 0 Å². The normalized spacial score (nSPS) is 31.6. The van der Waals surface area contributed by atoms with Crippen LogP contribution in [0.2, 0.25) is 0 Å². The van der Waals surface area contributed by atoms with E-state index in [9.17, 15) is 18.8 Å². The van der Waals surface area contributed by atoms with Crippen molar-refractivity contribution in [2.45, 2.75) is 31.3 Å². The van der Waals surface area contributed by atoms with Crippen LogP contribution in [0.1, 0.15) is 25.3 Å². The van der Waals surface area contributed by atoms with E-state index in [1.807, 2.05) is 0 Å². The third-order valence-corrected chi connectivity index (χ3v) is 6.25. The fourth-order valence-corrected chi connectivity index (χ4v) is 4.57. The van der Waals surface area contributed by atoms with Gasteiger partial charge in [0.1, 0.15) is 17.9 Å². The zero-order chi connectivity index (χ0) is 19.3. The monoisotopic (exact) mass is 410 g/mol. The minimum Gasteiger partial charge on any atom is -0.341 e. The lowest BCUT2D eigenvalue weighted by Gasteiger charge is -2.23. The molecule has 4 atom stereocenters. The maximum absolute atomic E-state index is 13.2. The number of nitrogens with two attached hydrogens (primary N) is 1. The van der Waals surface area contributed by atoms with Crippen molar-refractivity contribution in [3.8, 4) is 0 Å². The number of carbonyl (C=O) groups is 3. The highest BCUT2D eigenvalue weighted by atomic mass is 35.5. The van der Waals surface area contributed by atoms with Crippen LogP contribution in [-0.4, -0.2) is 53.3 Å². The molecule has 2 saturated heterocycles. The Morgan fingerprint density at radius 2 is 1.93 bits per heavy atom. The number of urea groups is 1. The molecule has 152 valence electrons. The molecule has 0 bridgehead atoms. The summed E-state index contributed by atoms with van der Waals surface area (Å²) < 4.78 is 13.2. The summed E-state index contributed by atoms with van der Waals surface area (Å²) in [5.41, 5.74) is 5.27. The minimum atomic E-state index is -1.31. The fraction of sp³-hybridized carbons (Fsp3) is 0.526. The quantitative estimate of drug-likeness (QED) is 0.732.